The molecule has 4 N–H and O–H groups in total. The third-order valence-electron chi connectivity index (χ3n) is 5.84. The molecule has 0 bridgehead atoms. The summed E-state index contributed by atoms with van der Waals surface area (Å²) in [5.41, 5.74) is 3.57. The van der Waals surface area contributed by atoms with Gasteiger partial charge in [-0.05, 0) is 49.7 Å². The van der Waals surface area contributed by atoms with Crippen LogP contribution in [-0.2, 0) is 4.74 Å². The first-order valence-electron chi connectivity index (χ1n) is 10.8. The van der Waals surface area contributed by atoms with Crippen LogP contribution >= 0.6 is 0 Å². The van der Waals surface area contributed by atoms with Crippen molar-refractivity contribution in [3.63, 3.8) is 0 Å². The van der Waals surface area contributed by atoms with E-state index in [1.165, 1.54) is 0 Å². The predicted molar refractivity (Wildman–Crippen MR) is 120 cm³/mol. The number of nitrogens with zero attached hydrogens (tertiary/aromatic N) is 3. The highest BCUT2D eigenvalue weighted by molar-refractivity contribution is 5.93. The largest absolute Gasteiger partial charge is 0.378 e. The van der Waals surface area contributed by atoms with Crippen molar-refractivity contribution in [2.24, 2.45) is 0 Å². The van der Waals surface area contributed by atoms with E-state index in [-0.39, 0.29) is 12.1 Å². The SMILES string of the molecule is O=C(Nc1ccc(-c2cc3c(N4CCOCC4)ncnc3[nH]2)cc1)NC1CCNCC1. The minimum atomic E-state index is -0.157. The normalized spacial score (nSPS) is 17.6. The Bertz CT molecular complexity index is 1040. The number of anilines is 2. The van der Waals surface area contributed by atoms with Crippen molar-refractivity contribution < 1.29 is 9.53 Å². The highest BCUT2D eigenvalue weighted by Gasteiger charge is 2.18. The number of piperidine rings is 1. The first-order chi connectivity index (χ1) is 15.3. The predicted octanol–water partition coefficient (Wildman–Crippen LogP) is 2.33. The highest BCUT2D eigenvalue weighted by atomic mass is 16.5. The van der Waals surface area contributed by atoms with Crippen molar-refractivity contribution in [1.82, 2.24) is 25.6 Å². The summed E-state index contributed by atoms with van der Waals surface area (Å²) in [6, 6.07) is 9.98. The van der Waals surface area contributed by atoms with Crippen LogP contribution in [0.3, 0.4) is 0 Å². The van der Waals surface area contributed by atoms with Gasteiger partial charge in [0.25, 0.3) is 0 Å². The number of amides is 2. The van der Waals surface area contributed by atoms with Gasteiger partial charge in [-0.25, -0.2) is 14.8 Å². The number of benzene rings is 1. The third kappa shape index (κ3) is 4.47. The lowest BCUT2D eigenvalue weighted by Gasteiger charge is -2.27. The summed E-state index contributed by atoms with van der Waals surface area (Å²) in [6.07, 6.45) is 3.52. The van der Waals surface area contributed by atoms with Crippen LogP contribution < -0.4 is 20.9 Å². The number of aromatic amines is 1. The molecule has 0 spiro atoms. The van der Waals surface area contributed by atoms with E-state index in [2.05, 4.69) is 41.9 Å². The Kier molecular flexibility index (Phi) is 5.68. The summed E-state index contributed by atoms with van der Waals surface area (Å²) in [4.78, 5) is 26.8. The lowest BCUT2D eigenvalue weighted by Crippen LogP contribution is -2.44. The number of hydrogen-bond donors (Lipinski definition) is 4. The molecule has 9 heteroatoms. The molecule has 0 unspecified atom stereocenters. The van der Waals surface area contributed by atoms with Crippen LogP contribution in [0.25, 0.3) is 22.3 Å². The molecule has 5 rings (SSSR count). The van der Waals surface area contributed by atoms with E-state index < -0.39 is 0 Å². The fourth-order valence-electron chi connectivity index (χ4n) is 4.16. The summed E-state index contributed by atoms with van der Waals surface area (Å²) in [5.74, 6) is 0.934. The Morgan fingerprint density at radius 2 is 1.87 bits per heavy atom. The van der Waals surface area contributed by atoms with Crippen LogP contribution in [0.5, 0.6) is 0 Å². The molecule has 31 heavy (non-hydrogen) atoms. The lowest BCUT2D eigenvalue weighted by atomic mass is 10.1. The van der Waals surface area contributed by atoms with E-state index in [0.717, 1.165) is 72.8 Å². The summed E-state index contributed by atoms with van der Waals surface area (Å²) in [6.45, 7) is 4.97. The van der Waals surface area contributed by atoms with Gasteiger partial charge in [-0.2, -0.15) is 0 Å². The smallest absolute Gasteiger partial charge is 0.319 e. The molecule has 9 nitrogen and oxygen atoms in total. The third-order valence-corrected chi connectivity index (χ3v) is 5.84. The van der Waals surface area contributed by atoms with Crippen molar-refractivity contribution in [3.8, 4) is 11.3 Å². The number of fused-ring (bicyclic) bond motifs is 1. The average molecular weight is 422 g/mol. The standard InChI is InChI=1S/C22H27N7O2/c30-22(27-17-5-7-23-8-6-17)26-16-3-1-15(2-4-16)19-13-18-20(28-19)24-14-25-21(18)29-9-11-31-12-10-29/h1-4,13-14,17,23H,5-12H2,(H,24,25,28)(H2,26,27,30). The van der Waals surface area contributed by atoms with Gasteiger partial charge in [-0.1, -0.05) is 12.1 Å². The zero-order chi connectivity index (χ0) is 21.0. The Morgan fingerprint density at radius 3 is 2.65 bits per heavy atom. The zero-order valence-electron chi connectivity index (χ0n) is 17.4. The van der Waals surface area contributed by atoms with E-state index in [1.54, 1.807) is 6.33 Å². The Hall–Kier alpha value is -3.17. The van der Waals surface area contributed by atoms with Crippen LogP contribution in [0.1, 0.15) is 12.8 Å². The molecule has 3 aromatic rings. The monoisotopic (exact) mass is 421 g/mol. The van der Waals surface area contributed by atoms with Gasteiger partial charge in [0.1, 0.15) is 17.8 Å². The minimum Gasteiger partial charge on any atom is -0.378 e. The Morgan fingerprint density at radius 1 is 1.10 bits per heavy atom. The molecular weight excluding hydrogens is 394 g/mol. The van der Waals surface area contributed by atoms with E-state index in [4.69, 9.17) is 4.74 Å². The second kappa shape index (κ2) is 8.91. The molecule has 2 fully saturated rings. The number of carbonyl (C=O) groups is 1. The second-order valence-electron chi connectivity index (χ2n) is 7.94. The van der Waals surface area contributed by atoms with Crippen molar-refractivity contribution in [2.45, 2.75) is 18.9 Å². The average Bonchev–Trinajstić information content (AvgIpc) is 3.25. The number of hydrogen-bond acceptors (Lipinski definition) is 6. The number of morpholine rings is 1. The van der Waals surface area contributed by atoms with Gasteiger partial charge in [0.2, 0.25) is 0 Å². The molecule has 2 aromatic heterocycles. The molecule has 1 aromatic carbocycles. The summed E-state index contributed by atoms with van der Waals surface area (Å²) >= 11 is 0. The van der Waals surface area contributed by atoms with Gasteiger partial charge in [0.15, 0.2) is 0 Å². The van der Waals surface area contributed by atoms with Crippen molar-refractivity contribution in [3.05, 3.63) is 36.7 Å². The fourth-order valence-corrected chi connectivity index (χ4v) is 4.16. The Labute approximate surface area is 180 Å². The zero-order valence-corrected chi connectivity index (χ0v) is 17.4. The van der Waals surface area contributed by atoms with E-state index in [0.29, 0.717) is 13.2 Å². The number of nitrogens with one attached hydrogen (secondary N) is 4. The molecule has 2 aliphatic rings. The highest BCUT2D eigenvalue weighted by Crippen LogP contribution is 2.29. The molecule has 162 valence electrons. The van der Waals surface area contributed by atoms with Gasteiger partial charge >= 0.3 is 6.03 Å². The maximum absolute atomic E-state index is 12.3. The van der Waals surface area contributed by atoms with Crippen molar-refractivity contribution in [2.75, 3.05) is 49.6 Å². The molecule has 0 radical (unpaired) electrons. The van der Waals surface area contributed by atoms with Crippen LogP contribution in [0.15, 0.2) is 36.7 Å². The number of carbonyl (C=O) groups excluding carboxylic acids is 1. The van der Waals surface area contributed by atoms with Crippen LogP contribution in [-0.4, -0.2) is 66.4 Å². The van der Waals surface area contributed by atoms with Crippen LogP contribution in [0.4, 0.5) is 16.3 Å². The quantitative estimate of drug-likeness (QED) is 0.515. The summed E-state index contributed by atoms with van der Waals surface area (Å²) in [7, 11) is 0. The number of rotatable bonds is 4. The maximum Gasteiger partial charge on any atom is 0.319 e. The summed E-state index contributed by atoms with van der Waals surface area (Å²) in [5, 5.41) is 10.3. The van der Waals surface area contributed by atoms with E-state index in [9.17, 15) is 4.79 Å². The van der Waals surface area contributed by atoms with Gasteiger partial charge in [-0.3, -0.25) is 0 Å². The molecule has 2 amide bonds. The lowest BCUT2D eigenvalue weighted by molar-refractivity contribution is 0.122. The second-order valence-corrected chi connectivity index (χ2v) is 7.94. The molecule has 0 saturated carbocycles. The number of ether oxygens (including phenoxy) is 1. The molecule has 4 heterocycles. The van der Waals surface area contributed by atoms with Gasteiger partial charge in [0, 0.05) is 30.5 Å². The van der Waals surface area contributed by atoms with Crippen LogP contribution in [0, 0.1) is 0 Å². The molecule has 0 aliphatic carbocycles. The first-order valence-corrected chi connectivity index (χ1v) is 10.8. The molecule has 2 saturated heterocycles. The Balaban J connectivity index is 1.29. The fraction of sp³-hybridized carbons (Fsp3) is 0.409. The van der Waals surface area contributed by atoms with Gasteiger partial charge < -0.3 is 30.6 Å². The number of H-pyrrole nitrogens is 1. The van der Waals surface area contributed by atoms with Crippen LogP contribution in [0.2, 0.25) is 0 Å². The van der Waals surface area contributed by atoms with E-state index >= 15 is 0 Å². The first kappa shape index (κ1) is 19.8. The molecular formula is C22H27N7O2. The molecule has 0 atom stereocenters. The number of urea groups is 1. The van der Waals surface area contributed by atoms with Crippen molar-refractivity contribution in [1.29, 1.82) is 0 Å². The van der Waals surface area contributed by atoms with Gasteiger partial charge in [0.05, 0.1) is 18.6 Å². The summed E-state index contributed by atoms with van der Waals surface area (Å²) < 4.78 is 5.46. The number of aromatic nitrogens is 3. The molecule has 2 aliphatic heterocycles. The topological polar surface area (TPSA) is 107 Å². The maximum atomic E-state index is 12.3. The van der Waals surface area contributed by atoms with Crippen molar-refractivity contribution >= 4 is 28.6 Å². The van der Waals surface area contributed by atoms with E-state index in [1.807, 2.05) is 24.3 Å². The minimum absolute atomic E-state index is 0.157. The van der Waals surface area contributed by atoms with Gasteiger partial charge in [-0.15, -0.1) is 0 Å².